The standard InChI is InChI=1S/C16H18FNO3S/c1-2-21-16-9-8-14(12-15(16)17)18-22(19,20)11-10-13-6-4-3-5-7-13/h3-9,12,18H,2,10-11H2,1H3. The molecule has 118 valence electrons. The van der Waals surface area contributed by atoms with E-state index in [2.05, 4.69) is 4.72 Å². The van der Waals surface area contributed by atoms with Gasteiger partial charge in [-0.15, -0.1) is 0 Å². The van der Waals surface area contributed by atoms with Gasteiger partial charge >= 0.3 is 0 Å². The highest BCUT2D eigenvalue weighted by Crippen LogP contribution is 2.22. The highest BCUT2D eigenvalue weighted by Gasteiger charge is 2.12. The van der Waals surface area contributed by atoms with E-state index in [1.54, 1.807) is 6.92 Å². The largest absolute Gasteiger partial charge is 0.491 e. The molecule has 4 nitrogen and oxygen atoms in total. The maximum atomic E-state index is 13.7. The molecule has 2 rings (SSSR count). The smallest absolute Gasteiger partial charge is 0.233 e. The van der Waals surface area contributed by atoms with Crippen LogP contribution >= 0.6 is 0 Å². The zero-order valence-corrected chi connectivity index (χ0v) is 13.1. The summed E-state index contributed by atoms with van der Waals surface area (Å²) < 4.78 is 45.2. The maximum Gasteiger partial charge on any atom is 0.233 e. The van der Waals surface area contributed by atoms with Gasteiger partial charge in [0.1, 0.15) is 0 Å². The van der Waals surface area contributed by atoms with Crippen LogP contribution in [0.2, 0.25) is 0 Å². The first kappa shape index (κ1) is 16.3. The number of ether oxygens (including phenoxy) is 1. The average Bonchev–Trinajstić information content (AvgIpc) is 2.49. The molecule has 0 aliphatic heterocycles. The summed E-state index contributed by atoms with van der Waals surface area (Å²) >= 11 is 0. The fourth-order valence-electron chi connectivity index (χ4n) is 1.96. The Hall–Kier alpha value is -2.08. The quantitative estimate of drug-likeness (QED) is 0.851. The molecule has 0 radical (unpaired) electrons. The summed E-state index contributed by atoms with van der Waals surface area (Å²) in [6.45, 7) is 2.10. The Labute approximate surface area is 130 Å². The van der Waals surface area contributed by atoms with Crippen LogP contribution in [0.1, 0.15) is 12.5 Å². The number of aryl methyl sites for hydroxylation is 1. The van der Waals surface area contributed by atoms with Crippen LogP contribution in [0.5, 0.6) is 5.75 Å². The Morgan fingerprint density at radius 3 is 2.50 bits per heavy atom. The van der Waals surface area contributed by atoms with E-state index in [9.17, 15) is 12.8 Å². The first-order valence-electron chi connectivity index (χ1n) is 6.97. The average molecular weight is 323 g/mol. The molecule has 0 unspecified atom stereocenters. The molecule has 0 atom stereocenters. The van der Waals surface area contributed by atoms with Crippen molar-refractivity contribution in [3.8, 4) is 5.75 Å². The zero-order valence-electron chi connectivity index (χ0n) is 12.3. The molecule has 0 fully saturated rings. The van der Waals surface area contributed by atoms with Crippen molar-refractivity contribution in [2.24, 2.45) is 0 Å². The number of hydrogen-bond acceptors (Lipinski definition) is 3. The fraction of sp³-hybridized carbons (Fsp3) is 0.250. The second kappa shape index (κ2) is 7.26. The third-order valence-corrected chi connectivity index (χ3v) is 4.30. The van der Waals surface area contributed by atoms with Crippen LogP contribution in [0, 0.1) is 5.82 Å². The van der Waals surface area contributed by atoms with E-state index in [4.69, 9.17) is 4.74 Å². The van der Waals surface area contributed by atoms with Gasteiger partial charge in [-0.1, -0.05) is 30.3 Å². The number of nitrogens with one attached hydrogen (secondary N) is 1. The first-order chi connectivity index (χ1) is 10.5. The molecule has 6 heteroatoms. The lowest BCUT2D eigenvalue weighted by Gasteiger charge is -2.10. The fourth-order valence-corrected chi connectivity index (χ4v) is 3.06. The normalized spacial score (nSPS) is 11.2. The third-order valence-electron chi connectivity index (χ3n) is 3.01. The Morgan fingerprint density at radius 1 is 1.14 bits per heavy atom. The molecule has 0 spiro atoms. The lowest BCUT2D eigenvalue weighted by Crippen LogP contribution is -2.18. The summed E-state index contributed by atoms with van der Waals surface area (Å²) in [5.74, 6) is -0.550. The maximum absolute atomic E-state index is 13.7. The van der Waals surface area contributed by atoms with Crippen molar-refractivity contribution in [1.29, 1.82) is 0 Å². The van der Waals surface area contributed by atoms with Crippen LogP contribution in [0.25, 0.3) is 0 Å². The van der Waals surface area contributed by atoms with Crippen molar-refractivity contribution in [2.75, 3.05) is 17.1 Å². The lowest BCUT2D eigenvalue weighted by molar-refractivity contribution is 0.321. The van der Waals surface area contributed by atoms with Gasteiger partial charge in [-0.05, 0) is 31.0 Å². The minimum atomic E-state index is -3.53. The summed E-state index contributed by atoms with van der Waals surface area (Å²) in [6.07, 6.45) is 0.398. The first-order valence-corrected chi connectivity index (χ1v) is 8.62. The molecule has 0 amide bonds. The number of benzene rings is 2. The van der Waals surface area contributed by atoms with E-state index in [1.165, 1.54) is 12.1 Å². The molecule has 2 aromatic carbocycles. The minimum Gasteiger partial charge on any atom is -0.491 e. The van der Waals surface area contributed by atoms with Crippen molar-refractivity contribution in [1.82, 2.24) is 0 Å². The molecule has 0 aromatic heterocycles. The SMILES string of the molecule is CCOc1ccc(NS(=O)(=O)CCc2ccccc2)cc1F. The number of sulfonamides is 1. The number of hydrogen-bond donors (Lipinski definition) is 1. The molecular formula is C16H18FNO3S. The number of anilines is 1. The summed E-state index contributed by atoms with van der Waals surface area (Å²) in [4.78, 5) is 0. The van der Waals surface area contributed by atoms with Gasteiger partial charge in [0.2, 0.25) is 10.0 Å². The van der Waals surface area contributed by atoms with Crippen LogP contribution in [0.4, 0.5) is 10.1 Å². The van der Waals surface area contributed by atoms with Gasteiger partial charge < -0.3 is 4.74 Å². The number of rotatable bonds is 7. The van der Waals surface area contributed by atoms with E-state index in [0.29, 0.717) is 13.0 Å². The molecule has 22 heavy (non-hydrogen) atoms. The van der Waals surface area contributed by atoms with Crippen molar-refractivity contribution in [3.63, 3.8) is 0 Å². The van der Waals surface area contributed by atoms with Crippen molar-refractivity contribution in [2.45, 2.75) is 13.3 Å². The lowest BCUT2D eigenvalue weighted by atomic mass is 10.2. The number of halogens is 1. The molecule has 1 N–H and O–H groups in total. The molecule has 2 aromatic rings. The summed E-state index contributed by atoms with van der Waals surface area (Å²) in [5, 5.41) is 0. The molecule has 0 aliphatic carbocycles. The Morgan fingerprint density at radius 2 is 1.86 bits per heavy atom. The second-order valence-electron chi connectivity index (χ2n) is 4.73. The Kier molecular flexibility index (Phi) is 5.38. The molecular weight excluding hydrogens is 305 g/mol. The zero-order chi connectivity index (χ0) is 16.0. The highest BCUT2D eigenvalue weighted by molar-refractivity contribution is 7.92. The van der Waals surface area contributed by atoms with Crippen molar-refractivity contribution >= 4 is 15.7 Å². The van der Waals surface area contributed by atoms with Gasteiger partial charge in [-0.2, -0.15) is 0 Å². The predicted molar refractivity (Wildman–Crippen MR) is 85.1 cm³/mol. The Balaban J connectivity index is 2.01. The van der Waals surface area contributed by atoms with Crippen LogP contribution < -0.4 is 9.46 Å². The van der Waals surface area contributed by atoms with Crippen molar-refractivity contribution in [3.05, 3.63) is 59.9 Å². The molecule has 0 saturated carbocycles. The molecule has 0 bridgehead atoms. The van der Waals surface area contributed by atoms with E-state index in [1.807, 2.05) is 30.3 Å². The molecule has 0 heterocycles. The minimum absolute atomic E-state index is 0.0636. The van der Waals surface area contributed by atoms with E-state index >= 15 is 0 Å². The third kappa shape index (κ3) is 4.73. The molecule has 0 saturated heterocycles. The van der Waals surface area contributed by atoms with Gasteiger partial charge in [-0.25, -0.2) is 12.8 Å². The van der Waals surface area contributed by atoms with Gasteiger partial charge in [0.15, 0.2) is 11.6 Å². The van der Waals surface area contributed by atoms with E-state index in [0.717, 1.165) is 11.6 Å². The Bertz CT molecular complexity index is 717. The van der Waals surface area contributed by atoms with Gasteiger partial charge in [0, 0.05) is 6.07 Å². The van der Waals surface area contributed by atoms with Gasteiger partial charge in [0.25, 0.3) is 0 Å². The summed E-state index contributed by atoms with van der Waals surface area (Å²) in [5.41, 5.74) is 1.12. The van der Waals surface area contributed by atoms with E-state index in [-0.39, 0.29) is 17.2 Å². The predicted octanol–water partition coefficient (Wildman–Crippen LogP) is 3.21. The summed E-state index contributed by atoms with van der Waals surface area (Å²) in [6, 6.07) is 13.3. The van der Waals surface area contributed by atoms with Crippen molar-refractivity contribution < 1.29 is 17.5 Å². The monoisotopic (exact) mass is 323 g/mol. The van der Waals surface area contributed by atoms with Crippen LogP contribution in [0.15, 0.2) is 48.5 Å². The van der Waals surface area contributed by atoms with Gasteiger partial charge in [0.05, 0.1) is 18.0 Å². The topological polar surface area (TPSA) is 55.4 Å². The van der Waals surface area contributed by atoms with E-state index < -0.39 is 15.8 Å². The van der Waals surface area contributed by atoms with Crippen LogP contribution in [-0.4, -0.2) is 20.8 Å². The van der Waals surface area contributed by atoms with Crippen LogP contribution in [0.3, 0.4) is 0 Å². The second-order valence-corrected chi connectivity index (χ2v) is 6.58. The summed E-state index contributed by atoms with van der Waals surface area (Å²) in [7, 11) is -3.53. The van der Waals surface area contributed by atoms with Crippen LogP contribution in [-0.2, 0) is 16.4 Å². The molecule has 0 aliphatic rings. The highest BCUT2D eigenvalue weighted by atomic mass is 32.2. The van der Waals surface area contributed by atoms with Gasteiger partial charge in [-0.3, -0.25) is 4.72 Å².